The zero-order chi connectivity index (χ0) is 23.4. The minimum absolute atomic E-state index is 0.0459. The number of hydrogen-bond donors (Lipinski definition) is 1. The van der Waals surface area contributed by atoms with Crippen molar-refractivity contribution in [3.05, 3.63) is 82.3 Å². The lowest BCUT2D eigenvalue weighted by molar-refractivity contribution is -0.114. The van der Waals surface area contributed by atoms with Crippen molar-refractivity contribution in [2.45, 2.75) is 16.7 Å². The molecule has 8 heteroatoms. The quantitative estimate of drug-likeness (QED) is 0.463. The summed E-state index contributed by atoms with van der Waals surface area (Å²) in [5.74, 6) is -0.233. The highest BCUT2D eigenvalue weighted by Crippen LogP contribution is 2.35. The average Bonchev–Trinajstić information content (AvgIpc) is 2.81. The van der Waals surface area contributed by atoms with Gasteiger partial charge in [0.2, 0.25) is 5.91 Å². The Labute approximate surface area is 207 Å². The summed E-state index contributed by atoms with van der Waals surface area (Å²) in [7, 11) is 0. The molecule has 0 aromatic heterocycles. The molecular weight excluding hydrogens is 477 g/mol. The van der Waals surface area contributed by atoms with Crippen LogP contribution in [0.15, 0.2) is 76.5 Å². The van der Waals surface area contributed by atoms with E-state index in [9.17, 15) is 9.59 Å². The van der Waals surface area contributed by atoms with Crippen LogP contribution in [0.2, 0.25) is 10.0 Å². The van der Waals surface area contributed by atoms with Gasteiger partial charge >= 0.3 is 0 Å². The zero-order valence-corrected chi connectivity index (χ0v) is 20.4. The number of rotatable bonds is 5. The second-order valence-electron chi connectivity index (χ2n) is 7.71. The van der Waals surface area contributed by atoms with Crippen molar-refractivity contribution in [3.63, 3.8) is 0 Å². The second kappa shape index (κ2) is 10.5. The fraction of sp³-hybridized carbons (Fsp3) is 0.200. The third kappa shape index (κ3) is 6.02. The van der Waals surface area contributed by atoms with E-state index in [1.54, 1.807) is 6.07 Å². The summed E-state index contributed by atoms with van der Waals surface area (Å²) >= 11 is 13.6. The van der Waals surface area contributed by atoms with Crippen molar-refractivity contribution in [2.24, 2.45) is 0 Å². The van der Waals surface area contributed by atoms with Crippen LogP contribution in [-0.4, -0.2) is 42.9 Å². The lowest BCUT2D eigenvalue weighted by atomic mass is 10.1. The van der Waals surface area contributed by atoms with Gasteiger partial charge in [-0.25, -0.2) is 0 Å². The molecule has 4 rings (SSSR count). The number of amides is 2. The van der Waals surface area contributed by atoms with E-state index in [0.717, 1.165) is 28.6 Å². The first-order valence-electron chi connectivity index (χ1n) is 10.5. The third-order valence-electron chi connectivity index (χ3n) is 5.32. The maximum atomic E-state index is 13.2. The van der Waals surface area contributed by atoms with E-state index in [0.29, 0.717) is 34.4 Å². The number of halogens is 2. The van der Waals surface area contributed by atoms with Crippen LogP contribution in [0.4, 0.5) is 11.4 Å². The largest absolute Gasteiger partial charge is 0.368 e. The molecule has 0 atom stereocenters. The van der Waals surface area contributed by atoms with Gasteiger partial charge in [-0.3, -0.25) is 9.59 Å². The van der Waals surface area contributed by atoms with Crippen LogP contribution in [0.1, 0.15) is 17.3 Å². The standard InChI is InChI=1S/C25H23Cl2N3O2S/c1-17(31)28-23-15-18(5-10-24(23)33-22-8-6-19(26)7-9-22)25(32)30-13-11-29(12-14-30)21-4-2-3-20(27)16-21/h2-10,15-16H,11-14H2,1H3,(H,28,31). The molecule has 0 aliphatic carbocycles. The Hall–Kier alpha value is -2.67. The number of carbonyl (C=O) groups is 2. The van der Waals surface area contributed by atoms with Gasteiger partial charge in [0.15, 0.2) is 0 Å². The summed E-state index contributed by atoms with van der Waals surface area (Å²) in [4.78, 5) is 30.9. The Bertz CT molecular complexity index is 1160. The molecule has 170 valence electrons. The lowest BCUT2D eigenvalue weighted by Crippen LogP contribution is -2.48. The molecule has 1 fully saturated rings. The van der Waals surface area contributed by atoms with Gasteiger partial charge in [0, 0.05) is 64.2 Å². The van der Waals surface area contributed by atoms with Gasteiger partial charge in [-0.15, -0.1) is 0 Å². The number of anilines is 2. The molecule has 0 bridgehead atoms. The molecule has 0 radical (unpaired) electrons. The molecule has 1 aliphatic heterocycles. The number of carbonyl (C=O) groups excluding carboxylic acids is 2. The van der Waals surface area contributed by atoms with Crippen LogP contribution in [0.25, 0.3) is 0 Å². The van der Waals surface area contributed by atoms with Crippen molar-refractivity contribution < 1.29 is 9.59 Å². The average molecular weight is 500 g/mol. The van der Waals surface area contributed by atoms with Gasteiger partial charge in [0.1, 0.15) is 0 Å². The first kappa shape index (κ1) is 23.5. The molecule has 3 aromatic carbocycles. The van der Waals surface area contributed by atoms with E-state index >= 15 is 0 Å². The molecule has 1 N–H and O–H groups in total. The summed E-state index contributed by atoms with van der Waals surface area (Å²) in [6, 6.07) is 20.7. The molecule has 5 nitrogen and oxygen atoms in total. The van der Waals surface area contributed by atoms with E-state index in [1.165, 1.54) is 18.7 Å². The minimum Gasteiger partial charge on any atom is -0.368 e. The Morgan fingerprint density at radius 2 is 1.61 bits per heavy atom. The lowest BCUT2D eigenvalue weighted by Gasteiger charge is -2.36. The fourth-order valence-electron chi connectivity index (χ4n) is 3.69. The molecule has 2 amide bonds. The first-order valence-corrected chi connectivity index (χ1v) is 12.1. The van der Waals surface area contributed by atoms with Crippen LogP contribution >= 0.6 is 35.0 Å². The molecule has 0 saturated carbocycles. The zero-order valence-electron chi connectivity index (χ0n) is 18.1. The number of nitrogens with one attached hydrogen (secondary N) is 1. The predicted molar refractivity (Wildman–Crippen MR) is 136 cm³/mol. The molecule has 1 heterocycles. The summed E-state index contributed by atoms with van der Waals surface area (Å²) in [5.41, 5.74) is 2.23. The number of nitrogens with zero attached hydrogens (tertiary/aromatic N) is 2. The normalized spacial score (nSPS) is 13.7. The monoisotopic (exact) mass is 499 g/mol. The van der Waals surface area contributed by atoms with Crippen molar-refractivity contribution in [2.75, 3.05) is 36.4 Å². The fourth-order valence-corrected chi connectivity index (χ4v) is 4.88. The van der Waals surface area contributed by atoms with Crippen molar-refractivity contribution >= 4 is 58.2 Å². The maximum absolute atomic E-state index is 13.2. The van der Waals surface area contributed by atoms with Crippen LogP contribution in [0.3, 0.4) is 0 Å². The van der Waals surface area contributed by atoms with E-state index in [-0.39, 0.29) is 11.8 Å². The van der Waals surface area contributed by atoms with E-state index in [2.05, 4.69) is 10.2 Å². The van der Waals surface area contributed by atoms with E-state index in [1.807, 2.05) is 65.6 Å². The van der Waals surface area contributed by atoms with Crippen LogP contribution in [0.5, 0.6) is 0 Å². The van der Waals surface area contributed by atoms with Crippen molar-refractivity contribution in [1.29, 1.82) is 0 Å². The molecule has 0 spiro atoms. The first-order chi connectivity index (χ1) is 15.9. The summed E-state index contributed by atoms with van der Waals surface area (Å²) < 4.78 is 0. The highest BCUT2D eigenvalue weighted by Gasteiger charge is 2.23. The molecule has 3 aromatic rings. The number of piperazine rings is 1. The predicted octanol–water partition coefficient (Wildman–Crippen LogP) is 6.07. The van der Waals surface area contributed by atoms with Crippen LogP contribution in [-0.2, 0) is 4.79 Å². The molecule has 0 unspecified atom stereocenters. The van der Waals surface area contributed by atoms with E-state index < -0.39 is 0 Å². The number of hydrogen-bond acceptors (Lipinski definition) is 4. The molecular formula is C25H23Cl2N3O2S. The second-order valence-corrected chi connectivity index (χ2v) is 9.70. The van der Waals surface area contributed by atoms with Gasteiger partial charge in [0.05, 0.1) is 5.69 Å². The third-order valence-corrected chi connectivity index (χ3v) is 6.89. The summed E-state index contributed by atoms with van der Waals surface area (Å²) in [6.07, 6.45) is 0. The Kier molecular flexibility index (Phi) is 7.48. The summed E-state index contributed by atoms with van der Waals surface area (Å²) in [5, 5.41) is 4.23. The van der Waals surface area contributed by atoms with Gasteiger partial charge in [-0.2, -0.15) is 0 Å². The molecule has 33 heavy (non-hydrogen) atoms. The highest BCUT2D eigenvalue weighted by atomic mass is 35.5. The van der Waals surface area contributed by atoms with Crippen molar-refractivity contribution in [1.82, 2.24) is 4.90 Å². The molecule has 1 saturated heterocycles. The van der Waals surface area contributed by atoms with E-state index in [4.69, 9.17) is 23.2 Å². The van der Waals surface area contributed by atoms with Crippen LogP contribution < -0.4 is 10.2 Å². The minimum atomic E-state index is -0.187. The van der Waals surface area contributed by atoms with Gasteiger partial charge < -0.3 is 15.1 Å². The molecule has 1 aliphatic rings. The maximum Gasteiger partial charge on any atom is 0.254 e. The Balaban J connectivity index is 1.48. The Morgan fingerprint density at radius 1 is 0.879 bits per heavy atom. The number of benzene rings is 3. The SMILES string of the molecule is CC(=O)Nc1cc(C(=O)N2CCN(c3cccc(Cl)c3)CC2)ccc1Sc1ccc(Cl)cc1. The smallest absolute Gasteiger partial charge is 0.254 e. The Morgan fingerprint density at radius 3 is 2.27 bits per heavy atom. The topological polar surface area (TPSA) is 52.7 Å². The van der Waals surface area contributed by atoms with Crippen molar-refractivity contribution in [3.8, 4) is 0 Å². The summed E-state index contributed by atoms with van der Waals surface area (Å²) in [6.45, 7) is 4.15. The van der Waals surface area contributed by atoms with Gasteiger partial charge in [0.25, 0.3) is 5.91 Å². The highest BCUT2D eigenvalue weighted by molar-refractivity contribution is 7.99. The van der Waals surface area contributed by atoms with Crippen LogP contribution in [0, 0.1) is 0 Å². The van der Waals surface area contributed by atoms with Gasteiger partial charge in [-0.1, -0.05) is 41.0 Å². The van der Waals surface area contributed by atoms with Gasteiger partial charge in [-0.05, 0) is 60.7 Å².